The van der Waals surface area contributed by atoms with Crippen LogP contribution in [0.25, 0.3) is 10.4 Å². The van der Waals surface area contributed by atoms with Crippen LogP contribution in [-0.2, 0) is 0 Å². The second-order valence-electron chi connectivity index (χ2n) is 2.21. The number of azide groups is 1. The number of hydrogen-bond acceptors (Lipinski definition) is 1. The number of hydrogen-bond donors (Lipinski definition) is 0. The van der Waals surface area contributed by atoms with E-state index in [1.165, 1.54) is 12.8 Å². The lowest BCUT2D eigenvalue weighted by Crippen LogP contribution is -1.76. The number of allylic oxidation sites excluding steroid dienone is 1. The van der Waals surface area contributed by atoms with E-state index in [9.17, 15) is 0 Å². The summed E-state index contributed by atoms with van der Waals surface area (Å²) in [4.78, 5) is 2.64. The summed E-state index contributed by atoms with van der Waals surface area (Å²) < 4.78 is 0. The standard InChI is InChI=1S/C7H13N3/c1-3-4-5-6-7(2)9-10-8/h2-6H2,1H3. The molecule has 0 aliphatic heterocycles. The zero-order valence-corrected chi connectivity index (χ0v) is 6.38. The lowest BCUT2D eigenvalue weighted by Gasteiger charge is -1.94. The molecule has 0 aromatic heterocycles. The van der Waals surface area contributed by atoms with E-state index in [1.54, 1.807) is 0 Å². The first-order chi connectivity index (χ1) is 4.81. The molecule has 0 spiro atoms. The topological polar surface area (TPSA) is 48.8 Å². The van der Waals surface area contributed by atoms with Crippen molar-refractivity contribution in [3.05, 3.63) is 22.7 Å². The van der Waals surface area contributed by atoms with Crippen LogP contribution in [0.2, 0.25) is 0 Å². The summed E-state index contributed by atoms with van der Waals surface area (Å²) in [5.74, 6) is 0. The SMILES string of the molecule is C=C(CCCCC)N=[N+]=[N-]. The van der Waals surface area contributed by atoms with E-state index in [2.05, 4.69) is 23.5 Å². The van der Waals surface area contributed by atoms with Crippen molar-refractivity contribution < 1.29 is 0 Å². The second-order valence-corrected chi connectivity index (χ2v) is 2.21. The fourth-order valence-electron chi connectivity index (χ4n) is 0.692. The number of rotatable bonds is 5. The van der Waals surface area contributed by atoms with Gasteiger partial charge in [-0.15, -0.1) is 0 Å². The molecule has 3 nitrogen and oxygen atoms in total. The van der Waals surface area contributed by atoms with Gasteiger partial charge >= 0.3 is 0 Å². The van der Waals surface area contributed by atoms with Gasteiger partial charge in [0.2, 0.25) is 0 Å². The average molecular weight is 139 g/mol. The molecule has 0 amide bonds. The Kier molecular flexibility index (Phi) is 5.59. The minimum Gasteiger partial charge on any atom is -0.0936 e. The summed E-state index contributed by atoms with van der Waals surface area (Å²) in [6, 6.07) is 0. The Morgan fingerprint density at radius 3 is 2.80 bits per heavy atom. The van der Waals surface area contributed by atoms with Crippen molar-refractivity contribution >= 4 is 0 Å². The Bertz CT molecular complexity index is 145. The largest absolute Gasteiger partial charge is 0.0936 e. The van der Waals surface area contributed by atoms with Gasteiger partial charge in [0.05, 0.1) is 0 Å². The fourth-order valence-corrected chi connectivity index (χ4v) is 0.692. The van der Waals surface area contributed by atoms with Crippen molar-refractivity contribution in [1.29, 1.82) is 0 Å². The van der Waals surface area contributed by atoms with Crippen molar-refractivity contribution in [3.8, 4) is 0 Å². The molecule has 0 fully saturated rings. The van der Waals surface area contributed by atoms with Crippen molar-refractivity contribution in [3.63, 3.8) is 0 Å². The summed E-state index contributed by atoms with van der Waals surface area (Å²) in [6.07, 6.45) is 4.27. The van der Waals surface area contributed by atoms with Gasteiger partial charge < -0.3 is 0 Å². The van der Waals surface area contributed by atoms with E-state index in [0.29, 0.717) is 5.70 Å². The Hall–Kier alpha value is -0.950. The molecule has 0 atom stereocenters. The lowest BCUT2D eigenvalue weighted by molar-refractivity contribution is 0.710. The second kappa shape index (κ2) is 6.17. The Morgan fingerprint density at radius 2 is 2.30 bits per heavy atom. The molecule has 3 heteroatoms. The van der Waals surface area contributed by atoms with Crippen LogP contribution < -0.4 is 0 Å². The van der Waals surface area contributed by atoms with E-state index in [4.69, 9.17) is 5.53 Å². The Labute approximate surface area is 61.4 Å². The molecule has 0 aromatic carbocycles. The van der Waals surface area contributed by atoms with Gasteiger partial charge in [0.25, 0.3) is 0 Å². The van der Waals surface area contributed by atoms with Crippen molar-refractivity contribution in [1.82, 2.24) is 0 Å². The predicted molar refractivity (Wildman–Crippen MR) is 42.4 cm³/mol. The molecule has 0 saturated carbocycles. The van der Waals surface area contributed by atoms with Crippen LogP contribution in [0, 0.1) is 0 Å². The first-order valence-electron chi connectivity index (χ1n) is 3.54. The summed E-state index contributed by atoms with van der Waals surface area (Å²) >= 11 is 0. The molecule has 56 valence electrons. The van der Waals surface area contributed by atoms with E-state index in [0.717, 1.165) is 12.8 Å². The van der Waals surface area contributed by atoms with Crippen LogP contribution in [0.4, 0.5) is 0 Å². The maximum Gasteiger partial charge on any atom is 0.00787 e. The summed E-state index contributed by atoms with van der Waals surface area (Å²) in [7, 11) is 0. The molecule has 10 heavy (non-hydrogen) atoms. The molecule has 0 bridgehead atoms. The lowest BCUT2D eigenvalue weighted by atomic mass is 10.2. The van der Waals surface area contributed by atoms with Gasteiger partial charge in [0, 0.05) is 10.6 Å². The monoisotopic (exact) mass is 139 g/mol. The summed E-state index contributed by atoms with van der Waals surface area (Å²) in [5, 5.41) is 3.38. The van der Waals surface area contributed by atoms with Gasteiger partial charge in [-0.05, 0) is 18.4 Å². The third kappa shape index (κ3) is 5.19. The third-order valence-corrected chi connectivity index (χ3v) is 1.26. The molecule has 0 saturated heterocycles. The van der Waals surface area contributed by atoms with Crippen molar-refractivity contribution in [2.75, 3.05) is 0 Å². The predicted octanol–water partition coefficient (Wildman–Crippen LogP) is 3.39. The normalized spacial score (nSPS) is 8.50. The Balaban J connectivity index is 3.31. The van der Waals surface area contributed by atoms with Gasteiger partial charge in [0.15, 0.2) is 0 Å². The highest BCUT2D eigenvalue weighted by atomic mass is 15.1. The molecule has 0 unspecified atom stereocenters. The Morgan fingerprint density at radius 1 is 1.60 bits per heavy atom. The molecule has 0 N–H and O–H groups in total. The molecular formula is C7H13N3. The maximum absolute atomic E-state index is 7.99. The van der Waals surface area contributed by atoms with Gasteiger partial charge in [-0.2, -0.15) is 0 Å². The van der Waals surface area contributed by atoms with Gasteiger partial charge in [-0.1, -0.05) is 31.5 Å². The van der Waals surface area contributed by atoms with E-state index in [-0.39, 0.29) is 0 Å². The minimum absolute atomic E-state index is 0.649. The van der Waals surface area contributed by atoms with Gasteiger partial charge in [0.1, 0.15) is 0 Å². The van der Waals surface area contributed by atoms with E-state index < -0.39 is 0 Å². The number of nitrogens with zero attached hydrogens (tertiary/aromatic N) is 3. The van der Waals surface area contributed by atoms with Crippen LogP contribution in [0.3, 0.4) is 0 Å². The molecule has 0 radical (unpaired) electrons. The highest BCUT2D eigenvalue weighted by Crippen LogP contribution is 2.07. The highest BCUT2D eigenvalue weighted by molar-refractivity contribution is 4.90. The van der Waals surface area contributed by atoms with E-state index >= 15 is 0 Å². The highest BCUT2D eigenvalue weighted by Gasteiger charge is 1.88. The van der Waals surface area contributed by atoms with Crippen LogP contribution in [0.15, 0.2) is 17.4 Å². The summed E-state index contributed by atoms with van der Waals surface area (Å²) in [5.41, 5.74) is 8.64. The number of unbranched alkanes of at least 4 members (excludes halogenated alkanes) is 2. The van der Waals surface area contributed by atoms with Gasteiger partial charge in [-0.25, -0.2) is 0 Å². The minimum atomic E-state index is 0.649. The average Bonchev–Trinajstić information content (AvgIpc) is 1.89. The van der Waals surface area contributed by atoms with Crippen LogP contribution in [0.1, 0.15) is 32.6 Å². The quantitative estimate of drug-likeness (QED) is 0.242. The summed E-state index contributed by atoms with van der Waals surface area (Å²) in [6.45, 7) is 5.73. The molecule has 0 aliphatic rings. The van der Waals surface area contributed by atoms with Crippen molar-refractivity contribution in [2.24, 2.45) is 5.11 Å². The third-order valence-electron chi connectivity index (χ3n) is 1.26. The maximum atomic E-state index is 7.99. The fraction of sp³-hybridized carbons (Fsp3) is 0.714. The molecule has 0 aliphatic carbocycles. The van der Waals surface area contributed by atoms with Crippen molar-refractivity contribution in [2.45, 2.75) is 32.6 Å². The molecule has 0 rings (SSSR count). The molecule has 0 aromatic rings. The zero-order valence-electron chi connectivity index (χ0n) is 6.38. The first-order valence-corrected chi connectivity index (χ1v) is 3.54. The van der Waals surface area contributed by atoms with Crippen LogP contribution >= 0.6 is 0 Å². The van der Waals surface area contributed by atoms with Crippen LogP contribution in [-0.4, -0.2) is 0 Å². The van der Waals surface area contributed by atoms with Crippen LogP contribution in [0.5, 0.6) is 0 Å². The molecule has 0 heterocycles. The smallest absolute Gasteiger partial charge is 0.00787 e. The molecular weight excluding hydrogens is 126 g/mol. The van der Waals surface area contributed by atoms with E-state index in [1.807, 2.05) is 0 Å². The zero-order chi connectivity index (χ0) is 7.82. The van der Waals surface area contributed by atoms with Gasteiger partial charge in [-0.3, -0.25) is 0 Å². The first kappa shape index (κ1) is 9.05.